The van der Waals surface area contributed by atoms with Gasteiger partial charge in [-0.25, -0.2) is 4.98 Å². The lowest BCUT2D eigenvalue weighted by Crippen LogP contribution is -2.16. The number of hydrogen-bond donors (Lipinski definition) is 1. The topological polar surface area (TPSA) is 49.0 Å². The van der Waals surface area contributed by atoms with Crippen molar-refractivity contribution in [2.75, 3.05) is 12.9 Å². The summed E-state index contributed by atoms with van der Waals surface area (Å²) in [6.45, 7) is 7.87. The molecule has 1 N–H and O–H groups in total. The summed E-state index contributed by atoms with van der Waals surface area (Å²) in [5, 5.41) is 0. The van der Waals surface area contributed by atoms with Crippen LogP contribution in [0.15, 0.2) is 31.8 Å². The predicted molar refractivity (Wildman–Crippen MR) is 71.6 cm³/mol. The molecule has 4 nitrogen and oxygen atoms in total. The molecular weight excluding hydrogens is 238 g/mol. The molecule has 0 aliphatic carbocycles. The molecule has 0 unspecified atom stereocenters. The first-order valence-corrected chi connectivity index (χ1v) is 5.95. The zero-order chi connectivity index (χ0) is 13.1. The van der Waals surface area contributed by atoms with Crippen molar-refractivity contribution in [3.63, 3.8) is 0 Å². The third kappa shape index (κ3) is 5.92. The number of alkyl halides is 1. The molecule has 2 rings (SSSR count). The molecule has 1 aliphatic rings. The Hall–Kier alpha value is -1.55. The molecular formula is C12H18ClN3O. The standard InChI is InChI=1S/C6H9NO.C5H6N2.CH3Cl/c1-2-7-5-3-4-6(7)8;1-2-5-6-3-4-7-5;1-2/h2H,1,3-5H2;2-4H,1H2,(H,6,7);1H3. The van der Waals surface area contributed by atoms with Crippen molar-refractivity contribution in [3.05, 3.63) is 37.6 Å². The van der Waals surface area contributed by atoms with E-state index in [0.717, 1.165) is 18.8 Å². The van der Waals surface area contributed by atoms with Gasteiger partial charge in [-0.15, -0.1) is 11.6 Å². The van der Waals surface area contributed by atoms with Gasteiger partial charge in [0.2, 0.25) is 5.91 Å². The minimum atomic E-state index is 0.208. The van der Waals surface area contributed by atoms with Gasteiger partial charge in [-0.05, 0) is 18.7 Å². The summed E-state index contributed by atoms with van der Waals surface area (Å²) in [4.78, 5) is 19.0. The van der Waals surface area contributed by atoms with E-state index in [1.165, 1.54) is 6.38 Å². The number of aromatic amines is 1. The number of nitrogens with one attached hydrogen (secondary N) is 1. The minimum absolute atomic E-state index is 0.208. The van der Waals surface area contributed by atoms with E-state index in [1.807, 2.05) is 0 Å². The van der Waals surface area contributed by atoms with Crippen LogP contribution in [0.4, 0.5) is 0 Å². The second kappa shape index (κ2) is 9.66. The van der Waals surface area contributed by atoms with Gasteiger partial charge in [-0.1, -0.05) is 13.2 Å². The van der Waals surface area contributed by atoms with Crippen LogP contribution < -0.4 is 0 Å². The second-order valence-corrected chi connectivity index (χ2v) is 3.05. The Morgan fingerprint density at radius 3 is 2.47 bits per heavy atom. The number of carbonyl (C=O) groups excluding carboxylic acids is 1. The van der Waals surface area contributed by atoms with E-state index in [-0.39, 0.29) is 5.91 Å². The second-order valence-electron chi connectivity index (χ2n) is 3.05. The van der Waals surface area contributed by atoms with Crippen LogP contribution >= 0.6 is 11.6 Å². The Morgan fingerprint density at radius 1 is 1.53 bits per heavy atom. The van der Waals surface area contributed by atoms with Gasteiger partial charge in [0.1, 0.15) is 5.82 Å². The van der Waals surface area contributed by atoms with Crippen LogP contribution in [0.25, 0.3) is 6.08 Å². The van der Waals surface area contributed by atoms with Crippen molar-refractivity contribution in [2.24, 2.45) is 0 Å². The monoisotopic (exact) mass is 255 g/mol. The van der Waals surface area contributed by atoms with Gasteiger partial charge < -0.3 is 9.88 Å². The molecule has 1 fully saturated rings. The fourth-order valence-corrected chi connectivity index (χ4v) is 1.25. The van der Waals surface area contributed by atoms with Crippen LogP contribution in [0, 0.1) is 0 Å². The molecule has 1 aromatic rings. The van der Waals surface area contributed by atoms with E-state index in [1.54, 1.807) is 29.6 Å². The van der Waals surface area contributed by atoms with Crippen LogP contribution in [0.5, 0.6) is 0 Å². The molecule has 0 bridgehead atoms. The molecule has 0 aromatic carbocycles. The Bertz CT molecular complexity index is 336. The molecule has 1 aliphatic heterocycles. The highest BCUT2D eigenvalue weighted by Gasteiger charge is 2.15. The Balaban J connectivity index is 0.000000265. The summed E-state index contributed by atoms with van der Waals surface area (Å²) in [6.07, 6.45) is 9.88. The van der Waals surface area contributed by atoms with Crippen LogP contribution in [0.1, 0.15) is 18.7 Å². The van der Waals surface area contributed by atoms with E-state index >= 15 is 0 Å². The highest BCUT2D eigenvalue weighted by Crippen LogP contribution is 2.08. The van der Waals surface area contributed by atoms with Gasteiger partial charge in [0.05, 0.1) is 0 Å². The lowest BCUT2D eigenvalue weighted by molar-refractivity contribution is -0.125. The van der Waals surface area contributed by atoms with Gasteiger partial charge >= 0.3 is 0 Å². The summed E-state index contributed by atoms with van der Waals surface area (Å²) < 4.78 is 0. The number of imidazole rings is 1. The van der Waals surface area contributed by atoms with Crippen molar-refractivity contribution in [1.82, 2.24) is 14.9 Å². The summed E-state index contributed by atoms with van der Waals surface area (Å²) in [6, 6.07) is 0. The fraction of sp³-hybridized carbons (Fsp3) is 0.333. The van der Waals surface area contributed by atoms with Gasteiger partial charge in [-0.3, -0.25) is 4.79 Å². The molecule has 94 valence electrons. The quantitative estimate of drug-likeness (QED) is 0.826. The predicted octanol–water partition coefficient (Wildman–Crippen LogP) is 2.66. The zero-order valence-electron chi connectivity index (χ0n) is 10.0. The summed E-state index contributed by atoms with van der Waals surface area (Å²) >= 11 is 4.64. The molecule has 2 heterocycles. The van der Waals surface area contributed by atoms with Crippen molar-refractivity contribution in [1.29, 1.82) is 0 Å². The average Bonchev–Trinajstić information content (AvgIpc) is 3.03. The number of nitrogens with zero attached hydrogens (tertiary/aromatic N) is 2. The first-order valence-electron chi connectivity index (χ1n) is 5.19. The molecule has 1 saturated heterocycles. The molecule has 5 heteroatoms. The Kier molecular flexibility index (Phi) is 8.78. The maximum absolute atomic E-state index is 10.7. The van der Waals surface area contributed by atoms with Crippen LogP contribution in [0.2, 0.25) is 0 Å². The molecule has 1 amide bonds. The van der Waals surface area contributed by atoms with Crippen molar-refractivity contribution in [3.8, 4) is 0 Å². The van der Waals surface area contributed by atoms with Gasteiger partial charge in [0.15, 0.2) is 0 Å². The largest absolute Gasteiger partial charge is 0.345 e. The zero-order valence-corrected chi connectivity index (χ0v) is 10.8. The van der Waals surface area contributed by atoms with E-state index in [0.29, 0.717) is 6.42 Å². The van der Waals surface area contributed by atoms with E-state index in [2.05, 4.69) is 34.7 Å². The fourth-order valence-electron chi connectivity index (χ4n) is 1.25. The first kappa shape index (κ1) is 15.4. The molecule has 0 radical (unpaired) electrons. The van der Waals surface area contributed by atoms with Gasteiger partial charge in [0.25, 0.3) is 0 Å². The van der Waals surface area contributed by atoms with Crippen LogP contribution in [-0.4, -0.2) is 33.7 Å². The minimum Gasteiger partial charge on any atom is -0.345 e. The molecule has 0 spiro atoms. The lowest BCUT2D eigenvalue weighted by Gasteiger charge is -2.05. The maximum atomic E-state index is 10.7. The lowest BCUT2D eigenvalue weighted by atomic mass is 10.4. The number of H-pyrrole nitrogens is 1. The Labute approximate surface area is 107 Å². The number of aromatic nitrogens is 2. The average molecular weight is 256 g/mol. The third-order valence-corrected chi connectivity index (χ3v) is 2.04. The highest BCUT2D eigenvalue weighted by atomic mass is 35.5. The molecule has 17 heavy (non-hydrogen) atoms. The number of carbonyl (C=O) groups is 1. The van der Waals surface area contributed by atoms with Crippen molar-refractivity contribution >= 4 is 23.6 Å². The molecule has 1 aromatic heterocycles. The SMILES string of the molecule is C=CN1CCCC1=O.C=Cc1ncc[nH]1.CCl. The highest BCUT2D eigenvalue weighted by molar-refractivity contribution is 6.15. The van der Waals surface area contributed by atoms with E-state index in [4.69, 9.17) is 0 Å². The number of likely N-dealkylation sites (tertiary alicyclic amines) is 1. The first-order chi connectivity index (χ1) is 8.27. The number of amides is 1. The summed E-state index contributed by atoms with van der Waals surface area (Å²) in [5.74, 6) is 1.03. The van der Waals surface area contributed by atoms with Crippen LogP contribution in [-0.2, 0) is 4.79 Å². The third-order valence-electron chi connectivity index (χ3n) is 2.04. The van der Waals surface area contributed by atoms with Gasteiger partial charge in [-0.2, -0.15) is 0 Å². The van der Waals surface area contributed by atoms with Crippen LogP contribution in [0.3, 0.4) is 0 Å². The van der Waals surface area contributed by atoms with Gasteiger partial charge in [0, 0.05) is 31.7 Å². The molecule has 0 saturated carbocycles. The molecule has 0 atom stereocenters. The van der Waals surface area contributed by atoms with E-state index in [9.17, 15) is 4.79 Å². The van der Waals surface area contributed by atoms with Crippen molar-refractivity contribution < 1.29 is 4.79 Å². The van der Waals surface area contributed by atoms with E-state index < -0.39 is 0 Å². The number of hydrogen-bond acceptors (Lipinski definition) is 2. The summed E-state index contributed by atoms with van der Waals surface area (Å²) in [5.41, 5.74) is 0. The number of rotatable bonds is 2. The van der Waals surface area contributed by atoms with Crippen molar-refractivity contribution in [2.45, 2.75) is 12.8 Å². The summed E-state index contributed by atoms with van der Waals surface area (Å²) in [7, 11) is 0. The smallest absolute Gasteiger partial charge is 0.226 e. The maximum Gasteiger partial charge on any atom is 0.226 e. The number of halogens is 1. The normalized spacial score (nSPS) is 13.1. The Morgan fingerprint density at radius 2 is 2.24 bits per heavy atom.